The van der Waals surface area contributed by atoms with E-state index in [1.807, 2.05) is 12.1 Å². The lowest BCUT2D eigenvalue weighted by Gasteiger charge is -2.17. The van der Waals surface area contributed by atoms with Crippen LogP contribution in [0, 0.1) is 11.6 Å². The molecule has 0 atom stereocenters. The number of hydrogen-bond donors (Lipinski definition) is 3. The van der Waals surface area contributed by atoms with E-state index in [1.165, 1.54) is 23.1 Å². The van der Waals surface area contributed by atoms with Crippen molar-refractivity contribution in [1.29, 1.82) is 0 Å². The maximum Gasteiger partial charge on any atom is 0.351 e. The maximum atomic E-state index is 13.6. The Morgan fingerprint density at radius 3 is 2.27 bits per heavy atom. The van der Waals surface area contributed by atoms with E-state index < -0.39 is 22.9 Å². The SMILES string of the molecule is CC(C)(O)c1nn(-c2ccc(C3CNNC3)cc2)c(=O)n1Cc1cc(F)cc(F)c1. The molecule has 1 fully saturated rings. The van der Waals surface area contributed by atoms with Gasteiger partial charge in [-0.2, -0.15) is 4.68 Å². The second-order valence-electron chi connectivity index (χ2n) is 7.99. The minimum absolute atomic E-state index is 0.102. The van der Waals surface area contributed by atoms with Crippen LogP contribution in [0.1, 0.15) is 36.7 Å². The van der Waals surface area contributed by atoms with E-state index in [2.05, 4.69) is 16.0 Å². The quantitative estimate of drug-likeness (QED) is 0.592. The molecule has 7 nitrogen and oxygen atoms in total. The predicted molar refractivity (Wildman–Crippen MR) is 107 cm³/mol. The van der Waals surface area contributed by atoms with Gasteiger partial charge >= 0.3 is 5.69 Å². The molecule has 158 valence electrons. The fraction of sp³-hybridized carbons (Fsp3) is 0.333. The Balaban J connectivity index is 1.73. The highest BCUT2D eigenvalue weighted by atomic mass is 19.1. The van der Waals surface area contributed by atoms with Crippen LogP contribution < -0.4 is 16.5 Å². The Morgan fingerprint density at radius 2 is 1.70 bits per heavy atom. The number of aromatic nitrogens is 3. The first-order valence-electron chi connectivity index (χ1n) is 9.66. The first-order chi connectivity index (χ1) is 14.2. The minimum Gasteiger partial charge on any atom is -0.382 e. The van der Waals surface area contributed by atoms with E-state index in [0.29, 0.717) is 11.6 Å². The van der Waals surface area contributed by atoms with Gasteiger partial charge < -0.3 is 5.11 Å². The van der Waals surface area contributed by atoms with Crippen molar-refractivity contribution in [2.45, 2.75) is 31.9 Å². The topological polar surface area (TPSA) is 84.1 Å². The lowest BCUT2D eigenvalue weighted by Crippen LogP contribution is -2.29. The third kappa shape index (κ3) is 4.04. The molecule has 30 heavy (non-hydrogen) atoms. The predicted octanol–water partition coefficient (Wildman–Crippen LogP) is 1.78. The van der Waals surface area contributed by atoms with E-state index in [0.717, 1.165) is 36.9 Å². The van der Waals surface area contributed by atoms with Gasteiger partial charge in [0, 0.05) is 25.1 Å². The lowest BCUT2D eigenvalue weighted by molar-refractivity contribution is 0.0643. The Kier molecular flexibility index (Phi) is 5.27. The first kappa shape index (κ1) is 20.4. The molecule has 1 saturated heterocycles. The zero-order valence-corrected chi connectivity index (χ0v) is 16.7. The van der Waals surface area contributed by atoms with Gasteiger partial charge in [-0.25, -0.2) is 13.6 Å². The molecule has 0 amide bonds. The molecular weight excluding hydrogens is 392 g/mol. The summed E-state index contributed by atoms with van der Waals surface area (Å²) in [5.41, 5.74) is 6.15. The molecular formula is C21H23F2N5O2. The molecule has 0 radical (unpaired) electrons. The van der Waals surface area contributed by atoms with Gasteiger partial charge in [-0.1, -0.05) is 12.1 Å². The monoisotopic (exact) mass is 415 g/mol. The molecule has 1 aliphatic rings. The van der Waals surface area contributed by atoms with Crippen molar-refractivity contribution in [1.82, 2.24) is 25.2 Å². The Hall–Kier alpha value is -2.88. The average Bonchev–Trinajstić information content (AvgIpc) is 3.30. The van der Waals surface area contributed by atoms with Crippen LogP contribution >= 0.6 is 0 Å². The number of benzene rings is 2. The summed E-state index contributed by atoms with van der Waals surface area (Å²) in [7, 11) is 0. The van der Waals surface area contributed by atoms with Crippen LogP contribution in [0.15, 0.2) is 47.3 Å². The van der Waals surface area contributed by atoms with Crippen LogP contribution in [0.5, 0.6) is 0 Å². The molecule has 0 aliphatic carbocycles. The van der Waals surface area contributed by atoms with Crippen LogP contribution in [0.3, 0.4) is 0 Å². The minimum atomic E-state index is -1.43. The molecule has 0 unspecified atom stereocenters. The molecule has 3 N–H and O–H groups in total. The molecule has 0 bridgehead atoms. The standard InChI is InChI=1S/C21H23F2N5O2/c1-21(2,30)19-26-28(18-5-3-14(4-6-18)15-10-24-25-11-15)20(29)27(19)12-13-7-16(22)9-17(23)8-13/h3-9,15,24-25,30H,10-12H2,1-2H3. The van der Waals surface area contributed by atoms with Gasteiger partial charge in [0.1, 0.15) is 17.2 Å². The number of hydrogen-bond acceptors (Lipinski definition) is 5. The van der Waals surface area contributed by atoms with Crippen molar-refractivity contribution < 1.29 is 13.9 Å². The molecule has 4 rings (SSSR count). The van der Waals surface area contributed by atoms with Crippen molar-refractivity contribution in [2.75, 3.05) is 13.1 Å². The second-order valence-corrected chi connectivity index (χ2v) is 7.99. The summed E-state index contributed by atoms with van der Waals surface area (Å²) in [5.74, 6) is -1.03. The number of nitrogens with one attached hydrogen (secondary N) is 2. The maximum absolute atomic E-state index is 13.6. The second kappa shape index (κ2) is 7.75. The summed E-state index contributed by atoms with van der Waals surface area (Å²) in [6.07, 6.45) is 0. The molecule has 2 aromatic carbocycles. The van der Waals surface area contributed by atoms with E-state index >= 15 is 0 Å². The van der Waals surface area contributed by atoms with Crippen molar-refractivity contribution in [3.05, 3.63) is 81.5 Å². The molecule has 0 saturated carbocycles. The number of nitrogens with zero attached hydrogens (tertiary/aromatic N) is 3. The van der Waals surface area contributed by atoms with Gasteiger partial charge in [0.15, 0.2) is 5.82 Å². The highest BCUT2D eigenvalue weighted by Crippen LogP contribution is 2.21. The number of aliphatic hydroxyl groups is 1. The van der Waals surface area contributed by atoms with E-state index in [9.17, 15) is 18.7 Å². The van der Waals surface area contributed by atoms with Crippen LogP contribution in [0.4, 0.5) is 8.78 Å². The van der Waals surface area contributed by atoms with Crippen molar-refractivity contribution in [3.63, 3.8) is 0 Å². The fourth-order valence-electron chi connectivity index (χ4n) is 3.63. The largest absolute Gasteiger partial charge is 0.382 e. The molecule has 1 aliphatic heterocycles. The molecule has 1 aromatic heterocycles. The third-order valence-electron chi connectivity index (χ3n) is 5.10. The summed E-state index contributed by atoms with van der Waals surface area (Å²) >= 11 is 0. The Morgan fingerprint density at radius 1 is 1.10 bits per heavy atom. The number of rotatable bonds is 5. The average molecular weight is 415 g/mol. The van der Waals surface area contributed by atoms with Crippen molar-refractivity contribution in [2.24, 2.45) is 0 Å². The fourth-order valence-corrected chi connectivity index (χ4v) is 3.63. The summed E-state index contributed by atoms with van der Waals surface area (Å²) in [5, 5.41) is 14.9. The molecule has 3 aromatic rings. The number of hydrazine groups is 1. The van der Waals surface area contributed by atoms with Crippen LogP contribution in [0.2, 0.25) is 0 Å². The summed E-state index contributed by atoms with van der Waals surface area (Å²) in [6, 6.07) is 10.5. The zero-order valence-electron chi connectivity index (χ0n) is 16.7. The van der Waals surface area contributed by atoms with Crippen LogP contribution in [0.25, 0.3) is 5.69 Å². The van der Waals surface area contributed by atoms with E-state index in [1.54, 1.807) is 12.1 Å². The van der Waals surface area contributed by atoms with E-state index in [4.69, 9.17) is 0 Å². The molecule has 2 heterocycles. The summed E-state index contributed by atoms with van der Waals surface area (Å²) in [6.45, 7) is 4.53. The van der Waals surface area contributed by atoms with Crippen molar-refractivity contribution >= 4 is 0 Å². The van der Waals surface area contributed by atoms with Crippen molar-refractivity contribution in [3.8, 4) is 5.69 Å². The van der Waals surface area contributed by atoms with Gasteiger partial charge in [-0.15, -0.1) is 5.10 Å². The highest BCUT2D eigenvalue weighted by molar-refractivity contribution is 5.36. The summed E-state index contributed by atoms with van der Waals surface area (Å²) < 4.78 is 29.6. The van der Waals surface area contributed by atoms with Crippen LogP contribution in [-0.4, -0.2) is 32.5 Å². The Bertz CT molecular complexity index is 1090. The van der Waals surface area contributed by atoms with Crippen LogP contribution in [-0.2, 0) is 12.1 Å². The third-order valence-corrected chi connectivity index (χ3v) is 5.10. The first-order valence-corrected chi connectivity index (χ1v) is 9.66. The van der Waals surface area contributed by atoms with Gasteiger partial charge in [-0.05, 0) is 49.2 Å². The van der Waals surface area contributed by atoms with Gasteiger partial charge in [0.2, 0.25) is 0 Å². The summed E-state index contributed by atoms with van der Waals surface area (Å²) in [4.78, 5) is 13.1. The lowest BCUT2D eigenvalue weighted by atomic mass is 10.0. The smallest absolute Gasteiger partial charge is 0.351 e. The molecule has 9 heteroatoms. The molecule has 0 spiro atoms. The van der Waals surface area contributed by atoms with Gasteiger partial charge in [0.05, 0.1) is 12.2 Å². The highest BCUT2D eigenvalue weighted by Gasteiger charge is 2.27. The number of halogens is 2. The Labute approximate surface area is 171 Å². The normalized spacial score (nSPS) is 15.1. The van der Waals surface area contributed by atoms with Gasteiger partial charge in [-0.3, -0.25) is 15.4 Å². The zero-order chi connectivity index (χ0) is 21.5. The van der Waals surface area contributed by atoms with Gasteiger partial charge in [0.25, 0.3) is 0 Å². The van der Waals surface area contributed by atoms with E-state index in [-0.39, 0.29) is 17.9 Å².